The summed E-state index contributed by atoms with van der Waals surface area (Å²) in [5.41, 5.74) is 5.42. The maximum Gasteiger partial charge on any atom is 0.416 e. The molecule has 4 nitrogen and oxygen atoms in total. The summed E-state index contributed by atoms with van der Waals surface area (Å²) in [4.78, 5) is 15.7. The molecular formula is C14H12F3N3O. The first-order chi connectivity index (χ1) is 9.77. The third-order valence-electron chi connectivity index (χ3n) is 2.82. The summed E-state index contributed by atoms with van der Waals surface area (Å²) in [6.07, 6.45) is -3.42. The Labute approximate surface area is 118 Å². The van der Waals surface area contributed by atoms with Crippen molar-refractivity contribution in [2.75, 3.05) is 11.1 Å². The molecule has 0 fully saturated rings. The fraction of sp³-hybridized carbons (Fsp3) is 0.143. The lowest BCUT2D eigenvalue weighted by atomic mass is 10.1. The van der Waals surface area contributed by atoms with Gasteiger partial charge in [-0.3, -0.25) is 4.79 Å². The molecule has 1 heterocycles. The molecule has 3 N–H and O–H groups in total. The van der Waals surface area contributed by atoms with E-state index in [4.69, 9.17) is 5.73 Å². The number of aryl methyl sites for hydroxylation is 1. The van der Waals surface area contributed by atoms with Gasteiger partial charge in [0.25, 0.3) is 5.91 Å². The smallest absolute Gasteiger partial charge is 0.399 e. The molecular weight excluding hydrogens is 283 g/mol. The minimum absolute atomic E-state index is 0.00650. The van der Waals surface area contributed by atoms with Crippen molar-refractivity contribution in [2.45, 2.75) is 13.1 Å². The fourth-order valence-corrected chi connectivity index (χ4v) is 1.72. The van der Waals surface area contributed by atoms with Gasteiger partial charge in [0, 0.05) is 17.4 Å². The molecule has 110 valence electrons. The third-order valence-corrected chi connectivity index (χ3v) is 2.82. The molecule has 0 bridgehead atoms. The Morgan fingerprint density at radius 1 is 1.24 bits per heavy atom. The Kier molecular flexibility index (Phi) is 3.84. The van der Waals surface area contributed by atoms with Crippen LogP contribution in [0.25, 0.3) is 0 Å². The van der Waals surface area contributed by atoms with Crippen LogP contribution in [0.4, 0.5) is 24.7 Å². The van der Waals surface area contributed by atoms with Crippen LogP contribution in [0.3, 0.4) is 0 Å². The van der Waals surface area contributed by atoms with Crippen LogP contribution in [0.2, 0.25) is 0 Å². The number of nitrogens with two attached hydrogens (primary N) is 1. The molecule has 21 heavy (non-hydrogen) atoms. The molecule has 0 aliphatic carbocycles. The van der Waals surface area contributed by atoms with Gasteiger partial charge in [-0.15, -0.1) is 0 Å². The first-order valence-electron chi connectivity index (χ1n) is 5.98. The van der Waals surface area contributed by atoms with Crippen molar-refractivity contribution < 1.29 is 18.0 Å². The lowest BCUT2D eigenvalue weighted by molar-refractivity contribution is -0.138. The number of halogens is 3. The zero-order valence-corrected chi connectivity index (χ0v) is 11.0. The standard InChI is InChI=1S/C14H12F3N3O/c1-8-7-19-12(6-11(8)14(15,16)17)20-13(21)9-2-4-10(18)5-3-9/h2-7H,18H2,1H3,(H,19,20,21). The summed E-state index contributed by atoms with van der Waals surface area (Å²) in [6, 6.07) is 6.81. The van der Waals surface area contributed by atoms with Crippen LogP contribution in [0.5, 0.6) is 0 Å². The van der Waals surface area contributed by atoms with Gasteiger partial charge in [-0.25, -0.2) is 4.98 Å². The number of anilines is 2. The van der Waals surface area contributed by atoms with Crippen molar-refractivity contribution in [2.24, 2.45) is 0 Å². The highest BCUT2D eigenvalue weighted by Crippen LogP contribution is 2.32. The molecule has 2 aromatic rings. The Bertz CT molecular complexity index is 666. The summed E-state index contributed by atoms with van der Waals surface area (Å²) in [5, 5.41) is 2.33. The second-order valence-corrected chi connectivity index (χ2v) is 4.46. The number of nitrogens with zero attached hydrogens (tertiary/aromatic N) is 1. The van der Waals surface area contributed by atoms with Gasteiger partial charge in [-0.1, -0.05) is 0 Å². The molecule has 1 amide bonds. The summed E-state index contributed by atoms with van der Waals surface area (Å²) in [7, 11) is 0. The topological polar surface area (TPSA) is 68.0 Å². The minimum Gasteiger partial charge on any atom is -0.399 e. The maximum atomic E-state index is 12.8. The summed E-state index contributed by atoms with van der Waals surface area (Å²) in [5.74, 6) is -0.714. The molecule has 2 rings (SSSR count). The van der Waals surface area contributed by atoms with Crippen molar-refractivity contribution in [1.29, 1.82) is 0 Å². The van der Waals surface area contributed by atoms with Gasteiger partial charge in [0.05, 0.1) is 5.56 Å². The fourth-order valence-electron chi connectivity index (χ4n) is 1.72. The van der Waals surface area contributed by atoms with Crippen molar-refractivity contribution in [3.63, 3.8) is 0 Å². The van der Waals surface area contributed by atoms with Gasteiger partial charge in [0.15, 0.2) is 0 Å². The van der Waals surface area contributed by atoms with E-state index >= 15 is 0 Å². The summed E-state index contributed by atoms with van der Waals surface area (Å²) in [6.45, 7) is 1.31. The maximum absolute atomic E-state index is 12.8. The number of pyridine rings is 1. The number of aromatic nitrogens is 1. The van der Waals surface area contributed by atoms with Crippen LogP contribution in [0.1, 0.15) is 21.5 Å². The number of hydrogen-bond donors (Lipinski definition) is 2. The number of rotatable bonds is 2. The van der Waals surface area contributed by atoms with E-state index in [1.807, 2.05) is 0 Å². The molecule has 1 aromatic heterocycles. The molecule has 0 saturated carbocycles. The lowest BCUT2D eigenvalue weighted by Crippen LogP contribution is -2.15. The molecule has 0 unspecified atom stereocenters. The van der Waals surface area contributed by atoms with Crippen molar-refractivity contribution in [3.05, 3.63) is 53.2 Å². The lowest BCUT2D eigenvalue weighted by Gasteiger charge is -2.12. The average molecular weight is 295 g/mol. The molecule has 1 aromatic carbocycles. The van der Waals surface area contributed by atoms with Crippen LogP contribution in [-0.4, -0.2) is 10.9 Å². The zero-order valence-electron chi connectivity index (χ0n) is 11.0. The predicted octanol–water partition coefficient (Wildman–Crippen LogP) is 3.24. The van der Waals surface area contributed by atoms with Gasteiger partial charge in [0.2, 0.25) is 0 Å². The number of carbonyl (C=O) groups excluding carboxylic acids is 1. The second kappa shape index (κ2) is 5.43. The first kappa shape index (κ1) is 14.8. The largest absolute Gasteiger partial charge is 0.416 e. The molecule has 0 aliphatic rings. The van der Waals surface area contributed by atoms with E-state index in [1.165, 1.54) is 31.2 Å². The van der Waals surface area contributed by atoms with E-state index < -0.39 is 17.6 Å². The van der Waals surface area contributed by atoms with Gasteiger partial charge in [-0.05, 0) is 42.8 Å². The Hall–Kier alpha value is -2.57. The third kappa shape index (κ3) is 3.50. The minimum atomic E-state index is -4.49. The molecule has 0 spiro atoms. The zero-order chi connectivity index (χ0) is 15.6. The van der Waals surface area contributed by atoms with E-state index in [0.717, 1.165) is 12.3 Å². The van der Waals surface area contributed by atoms with E-state index in [1.54, 1.807) is 0 Å². The average Bonchev–Trinajstić information content (AvgIpc) is 2.40. The SMILES string of the molecule is Cc1cnc(NC(=O)c2ccc(N)cc2)cc1C(F)(F)F. The normalized spacial score (nSPS) is 11.2. The van der Waals surface area contributed by atoms with Crippen molar-refractivity contribution in [1.82, 2.24) is 4.98 Å². The predicted molar refractivity (Wildman–Crippen MR) is 72.8 cm³/mol. The highest BCUT2D eigenvalue weighted by Gasteiger charge is 2.33. The molecule has 0 radical (unpaired) electrons. The van der Waals surface area contributed by atoms with Crippen LogP contribution in [0.15, 0.2) is 36.5 Å². The molecule has 0 saturated heterocycles. The number of nitrogens with one attached hydrogen (secondary N) is 1. The molecule has 0 aliphatic heterocycles. The first-order valence-corrected chi connectivity index (χ1v) is 5.98. The Morgan fingerprint density at radius 2 is 1.86 bits per heavy atom. The second-order valence-electron chi connectivity index (χ2n) is 4.46. The van der Waals surface area contributed by atoms with Crippen molar-refractivity contribution >= 4 is 17.4 Å². The van der Waals surface area contributed by atoms with E-state index in [0.29, 0.717) is 5.69 Å². The quantitative estimate of drug-likeness (QED) is 0.836. The van der Waals surface area contributed by atoms with Crippen LogP contribution < -0.4 is 11.1 Å². The molecule has 7 heteroatoms. The summed E-state index contributed by atoms with van der Waals surface area (Å²) >= 11 is 0. The molecule has 0 atom stereocenters. The number of benzene rings is 1. The number of carbonyl (C=O) groups is 1. The van der Waals surface area contributed by atoms with E-state index in [9.17, 15) is 18.0 Å². The highest BCUT2D eigenvalue weighted by molar-refractivity contribution is 6.03. The van der Waals surface area contributed by atoms with Gasteiger partial charge >= 0.3 is 6.18 Å². The van der Waals surface area contributed by atoms with Crippen LogP contribution in [-0.2, 0) is 6.18 Å². The number of nitrogen functional groups attached to an aromatic ring is 1. The number of amides is 1. The Morgan fingerprint density at radius 3 is 2.43 bits per heavy atom. The number of alkyl halides is 3. The van der Waals surface area contributed by atoms with Crippen LogP contribution >= 0.6 is 0 Å². The van der Waals surface area contributed by atoms with E-state index in [-0.39, 0.29) is 16.9 Å². The van der Waals surface area contributed by atoms with E-state index in [2.05, 4.69) is 10.3 Å². The monoisotopic (exact) mass is 295 g/mol. The van der Waals surface area contributed by atoms with Gasteiger partial charge in [-0.2, -0.15) is 13.2 Å². The van der Waals surface area contributed by atoms with Gasteiger partial charge in [0.1, 0.15) is 5.82 Å². The summed E-state index contributed by atoms with van der Waals surface area (Å²) < 4.78 is 38.3. The van der Waals surface area contributed by atoms with Gasteiger partial charge < -0.3 is 11.1 Å². The number of hydrogen-bond acceptors (Lipinski definition) is 3. The van der Waals surface area contributed by atoms with Crippen molar-refractivity contribution in [3.8, 4) is 0 Å². The van der Waals surface area contributed by atoms with Crippen LogP contribution in [0, 0.1) is 6.92 Å². The Balaban J connectivity index is 2.24. The highest BCUT2D eigenvalue weighted by atomic mass is 19.4.